The van der Waals surface area contributed by atoms with Crippen LogP contribution in [0.5, 0.6) is 0 Å². The van der Waals surface area contributed by atoms with Crippen molar-refractivity contribution in [1.82, 2.24) is 5.16 Å². The second kappa shape index (κ2) is 4.57. The first-order chi connectivity index (χ1) is 7.78. The van der Waals surface area contributed by atoms with Crippen LogP contribution in [-0.2, 0) is 6.54 Å². The van der Waals surface area contributed by atoms with Gasteiger partial charge in [0.05, 0.1) is 17.5 Å². The highest BCUT2D eigenvalue weighted by atomic mass is 16.5. The first kappa shape index (κ1) is 10.4. The fraction of sp³-hybridized carbons (Fsp3) is 0.182. The van der Waals surface area contributed by atoms with Crippen LogP contribution in [0, 0.1) is 6.92 Å². The molecule has 2 aromatic rings. The van der Waals surface area contributed by atoms with Gasteiger partial charge in [-0.15, -0.1) is 0 Å². The normalized spacial score (nSPS) is 11.1. The lowest BCUT2D eigenvalue weighted by Gasteiger charge is -1.93. The molecule has 2 heterocycles. The Morgan fingerprint density at radius 1 is 1.62 bits per heavy atom. The zero-order valence-corrected chi connectivity index (χ0v) is 8.87. The van der Waals surface area contributed by atoms with Crippen molar-refractivity contribution in [3.63, 3.8) is 0 Å². The average molecular weight is 218 g/mol. The summed E-state index contributed by atoms with van der Waals surface area (Å²) in [5.74, 6) is 0.792. The molecule has 0 atom stereocenters. The van der Waals surface area contributed by atoms with Crippen molar-refractivity contribution >= 4 is 6.21 Å². The third kappa shape index (κ3) is 2.44. The van der Waals surface area contributed by atoms with Crippen LogP contribution in [0.1, 0.15) is 17.0 Å². The Labute approximate surface area is 92.6 Å². The molecule has 0 aliphatic rings. The molecular formula is C11H12N3O2+. The van der Waals surface area contributed by atoms with Gasteiger partial charge < -0.3 is 9.73 Å². The third-order valence-corrected chi connectivity index (χ3v) is 2.10. The molecule has 0 saturated heterocycles. The van der Waals surface area contributed by atoms with Gasteiger partial charge in [-0.1, -0.05) is 10.3 Å². The van der Waals surface area contributed by atoms with Crippen LogP contribution in [-0.4, -0.2) is 16.6 Å². The van der Waals surface area contributed by atoms with Gasteiger partial charge in [-0.2, -0.15) is 4.57 Å². The molecule has 0 unspecified atom stereocenters. The Balaban J connectivity index is 2.18. The second-order valence-corrected chi connectivity index (χ2v) is 3.49. The number of hydrogen-bond donors (Lipinski definition) is 1. The molecule has 5 nitrogen and oxygen atoms in total. The maximum atomic E-state index is 8.44. The molecule has 5 heteroatoms. The number of oxime groups is 1. The van der Waals surface area contributed by atoms with E-state index in [4.69, 9.17) is 9.73 Å². The number of aryl methyl sites for hydroxylation is 1. The smallest absolute Gasteiger partial charge is 0.208 e. The summed E-state index contributed by atoms with van der Waals surface area (Å²) in [5, 5.41) is 15.2. The first-order valence-corrected chi connectivity index (χ1v) is 4.86. The largest absolute Gasteiger partial charge is 0.411 e. The standard InChI is InChI=1S/C11H11N3O2/c1-9-5-11(16-13-9)8-14-4-2-3-10(7-14)6-12-15/h2-7H,8H2,1H3/p+1. The quantitative estimate of drug-likeness (QED) is 0.363. The van der Waals surface area contributed by atoms with E-state index in [1.165, 1.54) is 6.21 Å². The van der Waals surface area contributed by atoms with Crippen LogP contribution < -0.4 is 4.57 Å². The van der Waals surface area contributed by atoms with Crippen LogP contribution in [0.15, 0.2) is 40.3 Å². The number of nitrogens with zero attached hydrogens (tertiary/aromatic N) is 3. The third-order valence-electron chi connectivity index (χ3n) is 2.10. The van der Waals surface area contributed by atoms with E-state index >= 15 is 0 Å². The lowest BCUT2D eigenvalue weighted by atomic mass is 10.3. The van der Waals surface area contributed by atoms with Crippen molar-refractivity contribution in [1.29, 1.82) is 0 Å². The topological polar surface area (TPSA) is 62.5 Å². The fourth-order valence-corrected chi connectivity index (χ4v) is 1.45. The highest BCUT2D eigenvalue weighted by Crippen LogP contribution is 2.01. The molecule has 0 radical (unpaired) electrons. The maximum Gasteiger partial charge on any atom is 0.208 e. The van der Waals surface area contributed by atoms with E-state index < -0.39 is 0 Å². The zero-order valence-electron chi connectivity index (χ0n) is 8.87. The van der Waals surface area contributed by atoms with Gasteiger partial charge in [0, 0.05) is 12.1 Å². The number of hydrogen-bond acceptors (Lipinski definition) is 4. The van der Waals surface area contributed by atoms with Gasteiger partial charge in [-0.3, -0.25) is 0 Å². The molecule has 0 spiro atoms. The molecule has 0 saturated carbocycles. The van der Waals surface area contributed by atoms with Crippen molar-refractivity contribution in [2.75, 3.05) is 0 Å². The summed E-state index contributed by atoms with van der Waals surface area (Å²) in [6.07, 6.45) is 5.15. The summed E-state index contributed by atoms with van der Waals surface area (Å²) in [7, 11) is 0. The van der Waals surface area contributed by atoms with Gasteiger partial charge in [0.15, 0.2) is 12.4 Å². The van der Waals surface area contributed by atoms with E-state index in [0.717, 1.165) is 17.0 Å². The van der Waals surface area contributed by atoms with E-state index in [-0.39, 0.29) is 0 Å². The van der Waals surface area contributed by atoms with E-state index in [2.05, 4.69) is 10.3 Å². The van der Waals surface area contributed by atoms with Crippen LogP contribution in [0.25, 0.3) is 0 Å². The number of rotatable bonds is 3. The molecule has 0 aliphatic heterocycles. The fourth-order valence-electron chi connectivity index (χ4n) is 1.45. The molecule has 0 bridgehead atoms. The maximum absolute atomic E-state index is 8.44. The van der Waals surface area contributed by atoms with Crippen molar-refractivity contribution in [3.05, 3.63) is 47.6 Å². The summed E-state index contributed by atoms with van der Waals surface area (Å²) >= 11 is 0. The molecule has 0 fully saturated rings. The minimum absolute atomic E-state index is 0.605. The monoisotopic (exact) mass is 218 g/mol. The Morgan fingerprint density at radius 3 is 3.19 bits per heavy atom. The van der Waals surface area contributed by atoms with E-state index in [1.807, 2.05) is 42.1 Å². The molecule has 2 rings (SSSR count). The minimum Gasteiger partial charge on any atom is -0.411 e. The van der Waals surface area contributed by atoms with E-state index in [0.29, 0.717) is 6.54 Å². The molecule has 2 aromatic heterocycles. The van der Waals surface area contributed by atoms with E-state index in [9.17, 15) is 0 Å². The molecule has 1 N–H and O–H groups in total. The van der Waals surface area contributed by atoms with Gasteiger partial charge in [-0.25, -0.2) is 0 Å². The van der Waals surface area contributed by atoms with Crippen molar-refractivity contribution in [2.24, 2.45) is 5.16 Å². The summed E-state index contributed by atoms with van der Waals surface area (Å²) in [4.78, 5) is 0. The number of pyridine rings is 1. The summed E-state index contributed by atoms with van der Waals surface area (Å²) in [6, 6.07) is 5.61. The predicted molar refractivity (Wildman–Crippen MR) is 56.4 cm³/mol. The van der Waals surface area contributed by atoms with Crippen molar-refractivity contribution < 1.29 is 14.3 Å². The molecule has 82 valence electrons. The highest BCUT2D eigenvalue weighted by molar-refractivity contribution is 5.77. The van der Waals surface area contributed by atoms with Crippen LogP contribution in [0.2, 0.25) is 0 Å². The Bertz CT molecular complexity index is 505. The van der Waals surface area contributed by atoms with Gasteiger partial charge in [0.2, 0.25) is 12.3 Å². The lowest BCUT2D eigenvalue weighted by molar-refractivity contribution is -0.690. The van der Waals surface area contributed by atoms with Crippen molar-refractivity contribution in [3.8, 4) is 0 Å². The van der Waals surface area contributed by atoms with Gasteiger partial charge in [-0.05, 0) is 13.0 Å². The van der Waals surface area contributed by atoms with Crippen LogP contribution in [0.4, 0.5) is 0 Å². The SMILES string of the molecule is Cc1cc(C[n+]2cccc(C=NO)c2)on1. The molecule has 16 heavy (non-hydrogen) atoms. The van der Waals surface area contributed by atoms with Gasteiger partial charge in [0.25, 0.3) is 0 Å². The summed E-state index contributed by atoms with van der Waals surface area (Å²) in [6.45, 7) is 2.49. The molecule has 0 amide bonds. The average Bonchev–Trinajstić information content (AvgIpc) is 2.65. The van der Waals surface area contributed by atoms with Gasteiger partial charge in [0.1, 0.15) is 0 Å². The first-order valence-electron chi connectivity index (χ1n) is 4.86. The summed E-state index contributed by atoms with van der Waals surface area (Å²) < 4.78 is 7.04. The molecule has 0 aromatic carbocycles. The lowest BCUT2D eigenvalue weighted by Crippen LogP contribution is -2.33. The minimum atomic E-state index is 0.605. The van der Waals surface area contributed by atoms with Crippen LogP contribution in [0.3, 0.4) is 0 Å². The predicted octanol–water partition coefficient (Wildman–Crippen LogP) is 1.13. The van der Waals surface area contributed by atoms with Crippen LogP contribution >= 0.6 is 0 Å². The summed E-state index contributed by atoms with van der Waals surface area (Å²) in [5.41, 5.74) is 1.69. The Morgan fingerprint density at radius 2 is 2.50 bits per heavy atom. The van der Waals surface area contributed by atoms with Gasteiger partial charge >= 0.3 is 0 Å². The van der Waals surface area contributed by atoms with Crippen molar-refractivity contribution in [2.45, 2.75) is 13.5 Å². The Kier molecular flexibility index (Phi) is 2.95. The second-order valence-electron chi connectivity index (χ2n) is 3.49. The Hall–Kier alpha value is -2.17. The zero-order chi connectivity index (χ0) is 11.4. The number of aromatic nitrogens is 2. The highest BCUT2D eigenvalue weighted by Gasteiger charge is 2.07. The molecule has 0 aliphatic carbocycles. The molecular weight excluding hydrogens is 206 g/mol. The van der Waals surface area contributed by atoms with E-state index in [1.54, 1.807) is 0 Å².